The smallest absolute Gasteiger partial charge is 0.122 e. The van der Waals surface area contributed by atoms with Crippen LogP contribution in [0.15, 0.2) is 18.2 Å². The van der Waals surface area contributed by atoms with Gasteiger partial charge in [0, 0.05) is 12.2 Å². The van der Waals surface area contributed by atoms with Gasteiger partial charge < -0.3 is 14.6 Å². The van der Waals surface area contributed by atoms with Crippen LogP contribution in [0.5, 0.6) is 5.75 Å². The molecule has 1 N–H and O–H groups in total. The number of rotatable bonds is 6. The third kappa shape index (κ3) is 2.99. The molecule has 1 atom stereocenters. The normalized spacial score (nSPS) is 18.1. The van der Waals surface area contributed by atoms with Gasteiger partial charge in [-0.3, -0.25) is 0 Å². The highest BCUT2D eigenvalue weighted by Crippen LogP contribution is 2.36. The van der Waals surface area contributed by atoms with Crippen molar-refractivity contribution in [3.63, 3.8) is 0 Å². The van der Waals surface area contributed by atoms with Crippen LogP contribution in [0.25, 0.3) is 0 Å². The fraction of sp³-hybridized carbons (Fsp3) is 0.571. The Morgan fingerprint density at radius 2 is 2.18 bits per heavy atom. The summed E-state index contributed by atoms with van der Waals surface area (Å²) in [6.07, 6.45) is 2.43. The van der Waals surface area contributed by atoms with Crippen molar-refractivity contribution in [2.24, 2.45) is 0 Å². The molecule has 1 unspecified atom stereocenters. The number of aliphatic hydroxyl groups is 1. The van der Waals surface area contributed by atoms with Gasteiger partial charge in [-0.2, -0.15) is 0 Å². The van der Waals surface area contributed by atoms with Gasteiger partial charge >= 0.3 is 0 Å². The molecule has 0 heterocycles. The zero-order chi connectivity index (χ0) is 12.1. The zero-order valence-corrected chi connectivity index (χ0v) is 10.3. The van der Waals surface area contributed by atoms with Crippen LogP contribution in [-0.4, -0.2) is 24.9 Å². The standard InChI is InChI=1S/C14H20O3/c1-2-8-16-9-10-17-14-5-3-4-11-12(14)6-7-13(11)15/h3-5,13,15H,2,6-10H2,1H3. The summed E-state index contributed by atoms with van der Waals surface area (Å²) < 4.78 is 11.1. The number of hydrogen-bond acceptors (Lipinski definition) is 3. The van der Waals surface area contributed by atoms with Gasteiger partial charge in [-0.1, -0.05) is 19.1 Å². The number of aliphatic hydroxyl groups excluding tert-OH is 1. The van der Waals surface area contributed by atoms with E-state index in [0.717, 1.165) is 42.7 Å². The molecule has 1 aromatic rings. The Labute approximate surface area is 102 Å². The predicted octanol–water partition coefficient (Wildman–Crippen LogP) is 2.47. The Morgan fingerprint density at radius 1 is 1.29 bits per heavy atom. The van der Waals surface area contributed by atoms with E-state index in [4.69, 9.17) is 9.47 Å². The quantitative estimate of drug-likeness (QED) is 0.771. The Kier molecular flexibility index (Phi) is 4.40. The monoisotopic (exact) mass is 236 g/mol. The minimum atomic E-state index is -0.315. The van der Waals surface area contributed by atoms with Crippen LogP contribution in [0.4, 0.5) is 0 Å². The van der Waals surface area contributed by atoms with Crippen molar-refractivity contribution >= 4 is 0 Å². The van der Waals surface area contributed by atoms with Gasteiger partial charge in [0.15, 0.2) is 0 Å². The SMILES string of the molecule is CCCOCCOc1cccc2c1CCC2O. The summed E-state index contributed by atoms with van der Waals surface area (Å²) in [6, 6.07) is 5.89. The molecule has 94 valence electrons. The molecule has 0 aromatic heterocycles. The molecule has 0 bridgehead atoms. The van der Waals surface area contributed by atoms with Crippen molar-refractivity contribution in [3.8, 4) is 5.75 Å². The third-order valence-electron chi connectivity index (χ3n) is 3.03. The highest BCUT2D eigenvalue weighted by Gasteiger charge is 2.22. The minimum absolute atomic E-state index is 0.315. The Hall–Kier alpha value is -1.06. The van der Waals surface area contributed by atoms with Crippen LogP contribution in [0, 0.1) is 0 Å². The van der Waals surface area contributed by atoms with Crippen LogP contribution in [-0.2, 0) is 11.2 Å². The first kappa shape index (κ1) is 12.4. The zero-order valence-electron chi connectivity index (χ0n) is 10.3. The molecule has 1 aliphatic rings. The molecule has 0 fully saturated rings. The van der Waals surface area contributed by atoms with E-state index in [1.54, 1.807) is 0 Å². The van der Waals surface area contributed by atoms with Gasteiger partial charge in [0.1, 0.15) is 12.4 Å². The van der Waals surface area contributed by atoms with E-state index in [1.165, 1.54) is 0 Å². The van der Waals surface area contributed by atoms with E-state index in [2.05, 4.69) is 6.92 Å². The maximum absolute atomic E-state index is 9.77. The van der Waals surface area contributed by atoms with E-state index in [1.807, 2.05) is 18.2 Å². The van der Waals surface area contributed by atoms with Crippen molar-refractivity contribution in [2.45, 2.75) is 32.3 Å². The molecule has 0 amide bonds. The van der Waals surface area contributed by atoms with Gasteiger partial charge in [0.2, 0.25) is 0 Å². The summed E-state index contributed by atoms with van der Waals surface area (Å²) >= 11 is 0. The first-order chi connectivity index (χ1) is 8.33. The minimum Gasteiger partial charge on any atom is -0.491 e. The molecular weight excluding hydrogens is 216 g/mol. The average Bonchev–Trinajstić information content (AvgIpc) is 2.72. The topological polar surface area (TPSA) is 38.7 Å². The third-order valence-corrected chi connectivity index (χ3v) is 3.03. The van der Waals surface area contributed by atoms with Crippen LogP contribution in [0.1, 0.15) is 37.0 Å². The summed E-state index contributed by atoms with van der Waals surface area (Å²) in [6.45, 7) is 4.08. The summed E-state index contributed by atoms with van der Waals surface area (Å²) in [7, 11) is 0. The summed E-state index contributed by atoms with van der Waals surface area (Å²) in [5.41, 5.74) is 2.19. The van der Waals surface area contributed by atoms with Crippen LogP contribution in [0.2, 0.25) is 0 Å². The molecule has 0 saturated carbocycles. The number of ether oxygens (including phenoxy) is 2. The molecule has 0 aliphatic heterocycles. The van der Waals surface area contributed by atoms with Crippen molar-refractivity contribution in [1.82, 2.24) is 0 Å². The molecular formula is C14H20O3. The number of hydrogen-bond donors (Lipinski definition) is 1. The Bertz CT molecular complexity index is 362. The molecule has 3 nitrogen and oxygen atoms in total. The first-order valence-corrected chi connectivity index (χ1v) is 6.33. The van der Waals surface area contributed by atoms with E-state index < -0.39 is 0 Å². The van der Waals surface area contributed by atoms with Crippen molar-refractivity contribution in [2.75, 3.05) is 19.8 Å². The number of fused-ring (bicyclic) bond motifs is 1. The lowest BCUT2D eigenvalue weighted by molar-refractivity contribution is 0.100. The lowest BCUT2D eigenvalue weighted by Gasteiger charge is -2.11. The van der Waals surface area contributed by atoms with Gasteiger partial charge in [-0.15, -0.1) is 0 Å². The summed E-state index contributed by atoms with van der Waals surface area (Å²) in [5.74, 6) is 0.902. The highest BCUT2D eigenvalue weighted by molar-refractivity contribution is 5.44. The van der Waals surface area contributed by atoms with Gasteiger partial charge in [-0.25, -0.2) is 0 Å². The second-order valence-corrected chi connectivity index (χ2v) is 4.34. The van der Waals surface area contributed by atoms with E-state index in [-0.39, 0.29) is 6.10 Å². The second-order valence-electron chi connectivity index (χ2n) is 4.34. The highest BCUT2D eigenvalue weighted by atomic mass is 16.5. The van der Waals surface area contributed by atoms with E-state index in [9.17, 15) is 5.11 Å². The molecule has 17 heavy (non-hydrogen) atoms. The van der Waals surface area contributed by atoms with Gasteiger partial charge in [0.25, 0.3) is 0 Å². The molecule has 3 heteroatoms. The first-order valence-electron chi connectivity index (χ1n) is 6.33. The molecule has 0 saturated heterocycles. The molecule has 1 aliphatic carbocycles. The lowest BCUT2D eigenvalue weighted by Crippen LogP contribution is -2.08. The maximum atomic E-state index is 9.77. The largest absolute Gasteiger partial charge is 0.491 e. The molecule has 2 rings (SSSR count). The molecule has 0 radical (unpaired) electrons. The van der Waals surface area contributed by atoms with Crippen molar-refractivity contribution < 1.29 is 14.6 Å². The van der Waals surface area contributed by atoms with Crippen molar-refractivity contribution in [3.05, 3.63) is 29.3 Å². The van der Waals surface area contributed by atoms with Gasteiger partial charge in [0.05, 0.1) is 12.7 Å². The predicted molar refractivity (Wildman–Crippen MR) is 66.3 cm³/mol. The van der Waals surface area contributed by atoms with Crippen LogP contribution in [0.3, 0.4) is 0 Å². The molecule has 1 aromatic carbocycles. The fourth-order valence-electron chi connectivity index (χ4n) is 2.19. The number of benzene rings is 1. The van der Waals surface area contributed by atoms with Crippen LogP contribution >= 0.6 is 0 Å². The fourth-order valence-corrected chi connectivity index (χ4v) is 2.19. The summed E-state index contributed by atoms with van der Waals surface area (Å²) in [4.78, 5) is 0. The Balaban J connectivity index is 1.89. The maximum Gasteiger partial charge on any atom is 0.122 e. The van der Waals surface area contributed by atoms with Gasteiger partial charge in [-0.05, 0) is 30.9 Å². The van der Waals surface area contributed by atoms with E-state index >= 15 is 0 Å². The van der Waals surface area contributed by atoms with Crippen LogP contribution < -0.4 is 4.74 Å². The van der Waals surface area contributed by atoms with Crippen molar-refractivity contribution in [1.29, 1.82) is 0 Å². The molecule has 0 spiro atoms. The average molecular weight is 236 g/mol. The van der Waals surface area contributed by atoms with E-state index in [0.29, 0.717) is 13.2 Å². The Morgan fingerprint density at radius 3 is 3.00 bits per heavy atom. The lowest BCUT2D eigenvalue weighted by atomic mass is 10.1. The summed E-state index contributed by atoms with van der Waals surface area (Å²) in [5, 5.41) is 9.77. The second kappa shape index (κ2) is 6.03.